The lowest BCUT2D eigenvalue weighted by Gasteiger charge is -2.39. The molecule has 0 spiro atoms. The summed E-state index contributed by atoms with van der Waals surface area (Å²) >= 11 is 1.17. The number of morpholine rings is 1. The molecule has 0 radical (unpaired) electrons. The predicted molar refractivity (Wildman–Crippen MR) is 99.7 cm³/mol. The Labute approximate surface area is 159 Å². The third-order valence-electron chi connectivity index (χ3n) is 4.57. The molecule has 148 valence electrons. The van der Waals surface area contributed by atoms with Gasteiger partial charge in [-0.2, -0.15) is 17.0 Å². The number of piperidine rings is 1. The molecule has 2 aliphatic rings. The number of nitrogens with zero attached hydrogens (tertiary/aromatic N) is 2. The third kappa shape index (κ3) is 4.46. The second-order valence-electron chi connectivity index (χ2n) is 6.81. The molecule has 0 bridgehead atoms. The van der Waals surface area contributed by atoms with Crippen molar-refractivity contribution < 1.29 is 21.6 Å². The van der Waals surface area contributed by atoms with Crippen molar-refractivity contribution in [3.8, 4) is 0 Å². The van der Waals surface area contributed by atoms with Crippen LogP contribution in [-0.2, 0) is 25.0 Å². The van der Waals surface area contributed by atoms with Crippen molar-refractivity contribution in [3.63, 3.8) is 0 Å². The molecule has 3 rings (SSSR count). The Morgan fingerprint density at radius 3 is 2.23 bits per heavy atom. The summed E-state index contributed by atoms with van der Waals surface area (Å²) in [4.78, 5) is 0. The summed E-state index contributed by atoms with van der Waals surface area (Å²) in [6.07, 6.45) is 0.644. The second-order valence-corrected chi connectivity index (χ2v) is 11.6. The highest BCUT2D eigenvalue weighted by molar-refractivity contribution is 7.91. The Bertz CT molecular complexity index is 792. The third-order valence-corrected chi connectivity index (χ3v) is 9.46. The molecular formula is C15H25N3O5S3. The lowest BCUT2D eigenvalue weighted by molar-refractivity contribution is -0.0456. The first-order chi connectivity index (χ1) is 12.2. The maximum Gasteiger partial charge on any atom is 0.282 e. The summed E-state index contributed by atoms with van der Waals surface area (Å²) in [6.45, 7) is 5.03. The van der Waals surface area contributed by atoms with Gasteiger partial charge in [0.25, 0.3) is 10.2 Å². The molecule has 8 nitrogen and oxygen atoms in total. The topological polar surface area (TPSA) is 96.0 Å². The highest BCUT2D eigenvalue weighted by atomic mass is 32.2. The van der Waals surface area contributed by atoms with E-state index in [-0.39, 0.29) is 22.5 Å². The van der Waals surface area contributed by atoms with E-state index < -0.39 is 20.2 Å². The van der Waals surface area contributed by atoms with Crippen molar-refractivity contribution >= 4 is 31.6 Å². The van der Waals surface area contributed by atoms with E-state index in [0.29, 0.717) is 39.0 Å². The molecule has 1 aromatic rings. The van der Waals surface area contributed by atoms with Crippen molar-refractivity contribution in [3.05, 3.63) is 17.5 Å². The van der Waals surface area contributed by atoms with Gasteiger partial charge >= 0.3 is 0 Å². The quantitative estimate of drug-likeness (QED) is 0.757. The molecule has 3 heterocycles. The number of sulfonamides is 1. The minimum Gasteiger partial charge on any atom is -0.373 e. The second kappa shape index (κ2) is 7.82. The van der Waals surface area contributed by atoms with Crippen LogP contribution in [0.25, 0.3) is 0 Å². The number of rotatable bonds is 5. The standard InChI is InChI=1S/C15H25N3O5S3/c1-12-10-18(11-13(2)23-12)26(21,22)17-7-5-14(6-8-17)16-25(19,20)15-4-3-9-24-15/h3-4,9,12-14,16H,5-8,10-11H2,1-2H3/t12-,13-/m1/s1. The fraction of sp³-hybridized carbons (Fsp3) is 0.733. The number of hydrogen-bond donors (Lipinski definition) is 1. The average molecular weight is 424 g/mol. The first kappa shape index (κ1) is 20.2. The van der Waals surface area contributed by atoms with Crippen molar-refractivity contribution in [1.29, 1.82) is 0 Å². The molecule has 0 saturated carbocycles. The Morgan fingerprint density at radius 1 is 1.08 bits per heavy atom. The molecule has 1 aromatic heterocycles. The number of nitrogens with one attached hydrogen (secondary N) is 1. The van der Waals surface area contributed by atoms with Gasteiger partial charge in [-0.15, -0.1) is 11.3 Å². The van der Waals surface area contributed by atoms with E-state index in [4.69, 9.17) is 4.74 Å². The molecular weight excluding hydrogens is 398 g/mol. The van der Waals surface area contributed by atoms with E-state index >= 15 is 0 Å². The largest absolute Gasteiger partial charge is 0.373 e. The van der Waals surface area contributed by atoms with E-state index in [2.05, 4.69) is 4.72 Å². The van der Waals surface area contributed by atoms with E-state index in [1.165, 1.54) is 19.9 Å². The van der Waals surface area contributed by atoms with Crippen molar-refractivity contribution in [2.75, 3.05) is 26.2 Å². The van der Waals surface area contributed by atoms with Crippen LogP contribution in [-0.4, -0.2) is 69.9 Å². The Balaban J connectivity index is 1.59. The van der Waals surface area contributed by atoms with Crippen LogP contribution in [0.3, 0.4) is 0 Å². The minimum atomic E-state index is -3.55. The van der Waals surface area contributed by atoms with Gasteiger partial charge in [-0.05, 0) is 38.1 Å². The van der Waals surface area contributed by atoms with E-state index in [1.807, 2.05) is 13.8 Å². The molecule has 11 heteroatoms. The van der Waals surface area contributed by atoms with E-state index in [0.717, 1.165) is 0 Å². The van der Waals surface area contributed by atoms with Crippen LogP contribution in [0.2, 0.25) is 0 Å². The number of hydrogen-bond acceptors (Lipinski definition) is 6. The molecule has 2 saturated heterocycles. The first-order valence-corrected chi connectivity index (χ1v) is 12.4. The van der Waals surface area contributed by atoms with Gasteiger partial charge in [0.05, 0.1) is 12.2 Å². The zero-order valence-corrected chi connectivity index (χ0v) is 17.3. The maximum absolute atomic E-state index is 12.9. The fourth-order valence-corrected chi connectivity index (χ4v) is 7.49. The highest BCUT2D eigenvalue weighted by Crippen LogP contribution is 2.23. The zero-order valence-electron chi connectivity index (χ0n) is 14.9. The van der Waals surface area contributed by atoms with Crippen molar-refractivity contribution in [2.24, 2.45) is 0 Å². The summed E-state index contributed by atoms with van der Waals surface area (Å²) < 4.78 is 61.9. The maximum atomic E-state index is 12.9. The summed E-state index contributed by atoms with van der Waals surface area (Å²) in [5.41, 5.74) is 0. The van der Waals surface area contributed by atoms with Crippen LogP contribution in [0.15, 0.2) is 21.7 Å². The van der Waals surface area contributed by atoms with Gasteiger partial charge in [-0.3, -0.25) is 0 Å². The SMILES string of the molecule is C[C@@H]1CN(S(=O)(=O)N2CCC(NS(=O)(=O)c3cccs3)CC2)C[C@@H](C)O1. The monoisotopic (exact) mass is 423 g/mol. The zero-order chi connectivity index (χ0) is 18.9. The molecule has 2 fully saturated rings. The normalized spacial score (nSPS) is 27.6. The molecule has 0 aromatic carbocycles. The lowest BCUT2D eigenvalue weighted by atomic mass is 10.1. The molecule has 0 amide bonds. The molecule has 2 aliphatic heterocycles. The van der Waals surface area contributed by atoms with E-state index in [9.17, 15) is 16.8 Å². The van der Waals surface area contributed by atoms with Gasteiger partial charge in [-0.1, -0.05) is 6.07 Å². The van der Waals surface area contributed by atoms with Gasteiger partial charge in [0.15, 0.2) is 0 Å². The van der Waals surface area contributed by atoms with Gasteiger partial charge in [0.1, 0.15) is 4.21 Å². The van der Waals surface area contributed by atoms with Crippen LogP contribution in [0, 0.1) is 0 Å². The van der Waals surface area contributed by atoms with Gasteiger partial charge < -0.3 is 4.74 Å². The van der Waals surface area contributed by atoms with Gasteiger partial charge in [0.2, 0.25) is 10.0 Å². The van der Waals surface area contributed by atoms with E-state index in [1.54, 1.807) is 17.5 Å². The van der Waals surface area contributed by atoms with Crippen LogP contribution >= 0.6 is 11.3 Å². The van der Waals surface area contributed by atoms with Crippen LogP contribution in [0.1, 0.15) is 26.7 Å². The van der Waals surface area contributed by atoms with Crippen LogP contribution in [0.5, 0.6) is 0 Å². The summed E-state index contributed by atoms with van der Waals surface area (Å²) in [5, 5.41) is 1.72. The lowest BCUT2D eigenvalue weighted by Crippen LogP contribution is -2.55. The molecule has 1 N–H and O–H groups in total. The smallest absolute Gasteiger partial charge is 0.282 e. The fourth-order valence-electron chi connectivity index (χ4n) is 3.38. The summed E-state index contributed by atoms with van der Waals surface area (Å²) in [7, 11) is -7.08. The van der Waals surface area contributed by atoms with Crippen molar-refractivity contribution in [2.45, 2.75) is 49.1 Å². The van der Waals surface area contributed by atoms with Crippen LogP contribution in [0.4, 0.5) is 0 Å². The Morgan fingerprint density at radius 2 is 1.69 bits per heavy atom. The average Bonchev–Trinajstić information content (AvgIpc) is 3.09. The molecule has 2 atom stereocenters. The van der Waals surface area contributed by atoms with Crippen molar-refractivity contribution in [1.82, 2.24) is 13.3 Å². The molecule has 0 aliphatic carbocycles. The predicted octanol–water partition coefficient (Wildman–Crippen LogP) is 0.845. The van der Waals surface area contributed by atoms with Gasteiger partial charge in [0, 0.05) is 32.2 Å². The summed E-state index contributed by atoms with van der Waals surface area (Å²) in [6, 6.07) is 3.00. The Hall–Kier alpha value is -0.560. The first-order valence-electron chi connectivity index (χ1n) is 8.65. The Kier molecular flexibility index (Phi) is 6.07. The molecule has 0 unspecified atom stereocenters. The summed E-state index contributed by atoms with van der Waals surface area (Å²) in [5.74, 6) is 0. The van der Waals surface area contributed by atoms with Crippen LogP contribution < -0.4 is 4.72 Å². The number of thiophene rings is 1. The minimum absolute atomic E-state index is 0.135. The number of ether oxygens (including phenoxy) is 1. The molecule has 26 heavy (non-hydrogen) atoms. The van der Waals surface area contributed by atoms with Gasteiger partial charge in [-0.25, -0.2) is 13.1 Å². The highest BCUT2D eigenvalue weighted by Gasteiger charge is 2.37.